The predicted molar refractivity (Wildman–Crippen MR) is 83.0 cm³/mol. The highest BCUT2D eigenvalue weighted by atomic mass is 16.5. The number of fused-ring (bicyclic) bond motifs is 1. The second kappa shape index (κ2) is 6.61. The topological polar surface area (TPSA) is 38.3 Å². The first kappa shape index (κ1) is 14.6. The van der Waals surface area contributed by atoms with Crippen LogP contribution in [0, 0.1) is 5.92 Å². The fourth-order valence-electron chi connectivity index (χ4n) is 3.77. The lowest BCUT2D eigenvalue weighted by atomic mass is 9.85. The minimum atomic E-state index is 0.00200. The minimum Gasteiger partial charge on any atom is -0.466 e. The zero-order valence-corrected chi connectivity index (χ0v) is 12.8. The summed E-state index contributed by atoms with van der Waals surface area (Å²) in [7, 11) is 0. The van der Waals surface area contributed by atoms with Gasteiger partial charge in [0.05, 0.1) is 12.5 Å². The zero-order chi connectivity index (χ0) is 14.7. The Kier molecular flexibility index (Phi) is 4.59. The van der Waals surface area contributed by atoms with E-state index in [0.29, 0.717) is 18.7 Å². The molecule has 0 aliphatic heterocycles. The number of benzene rings is 1. The van der Waals surface area contributed by atoms with Crippen LogP contribution in [0.5, 0.6) is 0 Å². The van der Waals surface area contributed by atoms with E-state index < -0.39 is 0 Å². The van der Waals surface area contributed by atoms with Crippen molar-refractivity contribution in [1.29, 1.82) is 0 Å². The van der Waals surface area contributed by atoms with Gasteiger partial charge in [-0.05, 0) is 56.6 Å². The summed E-state index contributed by atoms with van der Waals surface area (Å²) in [5.74, 6) is 0.126. The molecule has 0 saturated heterocycles. The molecule has 0 amide bonds. The molecule has 1 aromatic rings. The van der Waals surface area contributed by atoms with Gasteiger partial charge in [-0.3, -0.25) is 4.79 Å². The van der Waals surface area contributed by atoms with Crippen LogP contribution in [0.25, 0.3) is 0 Å². The number of esters is 1. The van der Waals surface area contributed by atoms with Crippen LogP contribution in [0.3, 0.4) is 0 Å². The second-order valence-electron chi connectivity index (χ2n) is 6.26. The van der Waals surface area contributed by atoms with Gasteiger partial charge < -0.3 is 10.1 Å². The normalized spacial score (nSPS) is 28.1. The van der Waals surface area contributed by atoms with Crippen molar-refractivity contribution in [3.63, 3.8) is 0 Å². The van der Waals surface area contributed by atoms with Crippen LogP contribution in [0.15, 0.2) is 24.3 Å². The summed E-state index contributed by atoms with van der Waals surface area (Å²) in [4.78, 5) is 11.8. The Morgan fingerprint density at radius 2 is 1.95 bits per heavy atom. The van der Waals surface area contributed by atoms with E-state index in [-0.39, 0.29) is 11.9 Å². The van der Waals surface area contributed by atoms with E-state index in [0.717, 1.165) is 25.7 Å². The van der Waals surface area contributed by atoms with Crippen molar-refractivity contribution in [2.75, 3.05) is 6.61 Å². The maximum absolute atomic E-state index is 11.8. The van der Waals surface area contributed by atoms with Crippen molar-refractivity contribution < 1.29 is 9.53 Å². The SMILES string of the molecule is CCOC(=O)C1CCC(NC2CCc3ccccc32)CC1. The van der Waals surface area contributed by atoms with E-state index in [1.54, 1.807) is 0 Å². The number of hydrogen-bond acceptors (Lipinski definition) is 3. The van der Waals surface area contributed by atoms with Gasteiger partial charge in [-0.15, -0.1) is 0 Å². The Bertz CT molecular complexity index is 492. The lowest BCUT2D eigenvalue weighted by Gasteiger charge is -2.30. The molecule has 3 nitrogen and oxygen atoms in total. The summed E-state index contributed by atoms with van der Waals surface area (Å²) in [6, 6.07) is 9.82. The number of nitrogens with one attached hydrogen (secondary N) is 1. The highest BCUT2D eigenvalue weighted by Gasteiger charge is 2.30. The molecule has 0 spiro atoms. The molecule has 1 atom stereocenters. The van der Waals surface area contributed by atoms with Crippen LogP contribution in [0.4, 0.5) is 0 Å². The van der Waals surface area contributed by atoms with E-state index in [1.807, 2.05) is 6.92 Å². The van der Waals surface area contributed by atoms with E-state index in [1.165, 1.54) is 24.0 Å². The van der Waals surface area contributed by atoms with Crippen molar-refractivity contribution in [1.82, 2.24) is 5.32 Å². The first-order valence-corrected chi connectivity index (χ1v) is 8.28. The zero-order valence-electron chi connectivity index (χ0n) is 12.8. The van der Waals surface area contributed by atoms with Crippen molar-refractivity contribution in [2.24, 2.45) is 5.92 Å². The Labute approximate surface area is 127 Å². The van der Waals surface area contributed by atoms with E-state index in [2.05, 4.69) is 29.6 Å². The van der Waals surface area contributed by atoms with Gasteiger partial charge in [0, 0.05) is 12.1 Å². The highest BCUT2D eigenvalue weighted by Crippen LogP contribution is 2.33. The van der Waals surface area contributed by atoms with Crippen LogP contribution in [0.2, 0.25) is 0 Å². The van der Waals surface area contributed by atoms with Gasteiger partial charge >= 0.3 is 5.97 Å². The Balaban J connectivity index is 1.51. The standard InChI is InChI=1S/C18H25NO2/c1-2-21-18(20)14-7-10-15(11-8-14)19-17-12-9-13-5-3-4-6-16(13)17/h3-6,14-15,17,19H,2,7-12H2,1H3. The van der Waals surface area contributed by atoms with Crippen molar-refractivity contribution in [2.45, 2.75) is 57.5 Å². The Morgan fingerprint density at radius 3 is 2.71 bits per heavy atom. The van der Waals surface area contributed by atoms with Gasteiger partial charge in [-0.25, -0.2) is 0 Å². The number of rotatable bonds is 4. The molecule has 1 saturated carbocycles. The molecule has 1 N–H and O–H groups in total. The average molecular weight is 287 g/mol. The van der Waals surface area contributed by atoms with Gasteiger partial charge in [-0.2, -0.15) is 0 Å². The first-order valence-electron chi connectivity index (χ1n) is 8.28. The maximum Gasteiger partial charge on any atom is 0.308 e. The van der Waals surface area contributed by atoms with E-state index in [4.69, 9.17) is 4.74 Å². The minimum absolute atomic E-state index is 0.00200. The predicted octanol–water partition coefficient (Wildman–Crippen LogP) is 3.39. The van der Waals surface area contributed by atoms with Gasteiger partial charge in [0.25, 0.3) is 0 Å². The molecule has 0 heterocycles. The van der Waals surface area contributed by atoms with Gasteiger partial charge in [0.1, 0.15) is 0 Å². The van der Waals surface area contributed by atoms with Crippen LogP contribution < -0.4 is 5.32 Å². The number of carbonyl (C=O) groups excluding carboxylic acids is 1. The van der Waals surface area contributed by atoms with Gasteiger partial charge in [0.15, 0.2) is 0 Å². The molecule has 0 radical (unpaired) electrons. The molecular weight excluding hydrogens is 262 g/mol. The summed E-state index contributed by atoms with van der Waals surface area (Å²) in [5, 5.41) is 3.81. The maximum atomic E-state index is 11.8. The van der Waals surface area contributed by atoms with Gasteiger partial charge in [-0.1, -0.05) is 24.3 Å². The van der Waals surface area contributed by atoms with Crippen LogP contribution in [0.1, 0.15) is 56.2 Å². The lowest BCUT2D eigenvalue weighted by molar-refractivity contribution is -0.149. The van der Waals surface area contributed by atoms with Crippen LogP contribution in [-0.2, 0) is 16.0 Å². The number of ether oxygens (including phenoxy) is 1. The molecule has 2 aliphatic carbocycles. The molecular formula is C18H25NO2. The molecule has 1 fully saturated rings. The number of hydrogen-bond donors (Lipinski definition) is 1. The molecule has 0 aromatic heterocycles. The summed E-state index contributed by atoms with van der Waals surface area (Å²) < 4.78 is 5.14. The monoisotopic (exact) mass is 287 g/mol. The van der Waals surface area contributed by atoms with Crippen LogP contribution in [-0.4, -0.2) is 18.6 Å². The molecule has 1 aromatic carbocycles. The Hall–Kier alpha value is -1.35. The van der Waals surface area contributed by atoms with Crippen molar-refractivity contribution in [3.8, 4) is 0 Å². The summed E-state index contributed by atoms with van der Waals surface area (Å²) in [6.45, 7) is 2.37. The lowest BCUT2D eigenvalue weighted by Crippen LogP contribution is -2.37. The van der Waals surface area contributed by atoms with Crippen molar-refractivity contribution in [3.05, 3.63) is 35.4 Å². The Morgan fingerprint density at radius 1 is 1.19 bits per heavy atom. The van der Waals surface area contributed by atoms with E-state index >= 15 is 0 Å². The molecule has 0 bridgehead atoms. The average Bonchev–Trinajstić information content (AvgIpc) is 2.92. The largest absolute Gasteiger partial charge is 0.466 e. The number of carbonyl (C=O) groups is 1. The molecule has 1 unspecified atom stereocenters. The van der Waals surface area contributed by atoms with Crippen molar-refractivity contribution >= 4 is 5.97 Å². The highest BCUT2D eigenvalue weighted by molar-refractivity contribution is 5.72. The number of aryl methyl sites for hydroxylation is 1. The summed E-state index contributed by atoms with van der Waals surface area (Å²) in [6.07, 6.45) is 6.49. The molecule has 114 valence electrons. The molecule has 2 aliphatic rings. The second-order valence-corrected chi connectivity index (χ2v) is 6.26. The van der Waals surface area contributed by atoms with Gasteiger partial charge in [0.2, 0.25) is 0 Å². The molecule has 3 rings (SSSR count). The third-order valence-electron chi connectivity index (χ3n) is 4.92. The molecule has 21 heavy (non-hydrogen) atoms. The molecule has 3 heteroatoms. The van der Waals surface area contributed by atoms with Crippen LogP contribution >= 0.6 is 0 Å². The third-order valence-corrected chi connectivity index (χ3v) is 4.92. The quantitative estimate of drug-likeness (QED) is 0.863. The first-order chi connectivity index (χ1) is 10.3. The third kappa shape index (κ3) is 3.29. The summed E-state index contributed by atoms with van der Waals surface area (Å²) >= 11 is 0. The smallest absolute Gasteiger partial charge is 0.308 e. The fraction of sp³-hybridized carbons (Fsp3) is 0.611. The van der Waals surface area contributed by atoms with E-state index in [9.17, 15) is 4.79 Å². The summed E-state index contributed by atoms with van der Waals surface area (Å²) in [5.41, 5.74) is 2.97. The fourth-order valence-corrected chi connectivity index (χ4v) is 3.77.